The highest BCUT2D eigenvalue weighted by molar-refractivity contribution is 5.90. The third kappa shape index (κ3) is 7.33. The van der Waals surface area contributed by atoms with Gasteiger partial charge in [0.25, 0.3) is 0 Å². The van der Waals surface area contributed by atoms with Crippen molar-refractivity contribution in [3.8, 4) is 0 Å². The van der Waals surface area contributed by atoms with Crippen molar-refractivity contribution >= 4 is 30.4 Å². The van der Waals surface area contributed by atoms with E-state index in [-0.39, 0.29) is 5.92 Å². The number of nitrogens with zero attached hydrogens (tertiary/aromatic N) is 3. The van der Waals surface area contributed by atoms with Crippen molar-refractivity contribution in [2.45, 2.75) is 19.5 Å². The van der Waals surface area contributed by atoms with Crippen LogP contribution in [-0.2, 0) is 11.0 Å². The van der Waals surface area contributed by atoms with Crippen LogP contribution in [0, 0.1) is 5.92 Å². The van der Waals surface area contributed by atoms with Crippen molar-refractivity contribution in [3.63, 3.8) is 0 Å². The molecule has 0 fully saturated rings. The molecule has 36 heavy (non-hydrogen) atoms. The summed E-state index contributed by atoms with van der Waals surface area (Å²) in [6.45, 7) is 1.75. The van der Waals surface area contributed by atoms with Crippen LogP contribution in [-0.4, -0.2) is 23.7 Å². The Morgan fingerprint density at radius 1 is 1.19 bits per heavy atom. The first-order valence-corrected chi connectivity index (χ1v) is 11.1. The van der Waals surface area contributed by atoms with Gasteiger partial charge in [-0.3, -0.25) is 19.8 Å². The van der Waals surface area contributed by atoms with Gasteiger partial charge >= 0.3 is 6.18 Å². The Balaban J connectivity index is 1.73. The number of aldehydes is 1. The van der Waals surface area contributed by atoms with Crippen LogP contribution in [0.1, 0.15) is 30.0 Å². The normalized spacial score (nSPS) is 17.6. The van der Waals surface area contributed by atoms with Gasteiger partial charge in [-0.05, 0) is 65.6 Å². The predicted molar refractivity (Wildman–Crippen MR) is 138 cm³/mol. The summed E-state index contributed by atoms with van der Waals surface area (Å²) in [5.41, 5.74) is 9.31. The minimum Gasteiger partial charge on any atom is -0.404 e. The van der Waals surface area contributed by atoms with Gasteiger partial charge < -0.3 is 5.73 Å². The lowest BCUT2D eigenvalue weighted by atomic mass is 9.90. The summed E-state index contributed by atoms with van der Waals surface area (Å²) in [5.74, 6) is -0.110. The zero-order chi connectivity index (χ0) is 26.0. The smallest absolute Gasteiger partial charge is 0.404 e. The lowest BCUT2D eigenvalue weighted by molar-refractivity contribution is -0.137. The van der Waals surface area contributed by atoms with Gasteiger partial charge in [0.1, 0.15) is 6.29 Å². The molecule has 0 amide bonds. The van der Waals surface area contributed by atoms with E-state index in [1.165, 1.54) is 18.3 Å². The quantitative estimate of drug-likeness (QED) is 0.207. The van der Waals surface area contributed by atoms with Crippen molar-refractivity contribution in [3.05, 3.63) is 113 Å². The lowest BCUT2D eigenvalue weighted by Gasteiger charge is -2.18. The van der Waals surface area contributed by atoms with Gasteiger partial charge in [0.05, 0.1) is 11.3 Å². The summed E-state index contributed by atoms with van der Waals surface area (Å²) in [6, 6.07) is 8.84. The molecule has 184 valence electrons. The van der Waals surface area contributed by atoms with Gasteiger partial charge in [0.15, 0.2) is 0 Å². The van der Waals surface area contributed by atoms with Crippen LogP contribution < -0.4 is 5.73 Å². The second-order valence-corrected chi connectivity index (χ2v) is 7.95. The molecule has 0 saturated carbocycles. The number of carbonyl (C=O) groups is 1. The van der Waals surface area contributed by atoms with Gasteiger partial charge in [-0.2, -0.15) is 13.2 Å². The highest BCUT2D eigenvalue weighted by Crippen LogP contribution is 2.30. The molecule has 3 rings (SSSR count). The van der Waals surface area contributed by atoms with E-state index in [0.717, 1.165) is 28.8 Å². The molecule has 0 bridgehead atoms. The molecule has 5 nitrogen and oxygen atoms in total. The van der Waals surface area contributed by atoms with Crippen LogP contribution in [0.15, 0.2) is 106 Å². The summed E-state index contributed by atoms with van der Waals surface area (Å²) in [7, 11) is 0. The Labute approximate surface area is 207 Å². The summed E-state index contributed by atoms with van der Waals surface area (Å²) in [6.07, 6.45) is 13.1. The standard InChI is InChI=1S/C28H25F3N4O/c1-20(5-2-6-21-7-3-9-26(13-21)28(29,30)31)27(10-12-36)35-19-25(15-32)24-14-23(17-34-18-24)22-8-4-11-33-16-22/h2-13,15-19,24H,14,32H2,1H3/b6-2+,20-5-,25-15?,27-10+,35-19?. The van der Waals surface area contributed by atoms with Crippen LogP contribution in [0.2, 0.25) is 0 Å². The molecule has 0 aliphatic carbocycles. The van der Waals surface area contributed by atoms with Crippen molar-refractivity contribution < 1.29 is 18.0 Å². The van der Waals surface area contributed by atoms with Crippen LogP contribution in [0.4, 0.5) is 13.2 Å². The summed E-state index contributed by atoms with van der Waals surface area (Å²) in [4.78, 5) is 24.1. The molecule has 0 spiro atoms. The SMILES string of the molecule is CC(=C/C=C/c1cccc(C(F)(F)F)c1)/C(=C\C=O)N=CC(=CN)C1C=NC=C(c2cccnc2)C1. The zero-order valence-corrected chi connectivity index (χ0v) is 19.6. The Morgan fingerprint density at radius 3 is 2.72 bits per heavy atom. The van der Waals surface area contributed by atoms with E-state index in [0.29, 0.717) is 29.5 Å². The topological polar surface area (TPSA) is 80.7 Å². The fourth-order valence-electron chi connectivity index (χ4n) is 3.48. The van der Waals surface area contributed by atoms with E-state index in [4.69, 9.17) is 5.73 Å². The van der Waals surface area contributed by atoms with E-state index in [2.05, 4.69) is 15.0 Å². The number of rotatable bonds is 8. The molecule has 2 aromatic rings. The number of halogens is 3. The molecular weight excluding hydrogens is 465 g/mol. The van der Waals surface area contributed by atoms with Gasteiger partial charge in [-0.15, -0.1) is 0 Å². The van der Waals surface area contributed by atoms with Crippen LogP contribution in [0.25, 0.3) is 11.6 Å². The predicted octanol–water partition coefficient (Wildman–Crippen LogP) is 6.19. The largest absolute Gasteiger partial charge is 0.416 e. The molecule has 1 aromatic carbocycles. The molecule has 1 aromatic heterocycles. The number of benzene rings is 1. The molecule has 0 radical (unpaired) electrons. The fourth-order valence-corrected chi connectivity index (χ4v) is 3.48. The molecule has 8 heteroatoms. The number of aliphatic imine (C=N–C) groups is 2. The summed E-state index contributed by atoms with van der Waals surface area (Å²) < 4.78 is 38.7. The lowest BCUT2D eigenvalue weighted by Crippen LogP contribution is -2.12. The Hall–Kier alpha value is -4.33. The van der Waals surface area contributed by atoms with Crippen LogP contribution in [0.5, 0.6) is 0 Å². The van der Waals surface area contributed by atoms with E-state index in [1.54, 1.807) is 62.2 Å². The third-order valence-corrected chi connectivity index (χ3v) is 5.42. The van der Waals surface area contributed by atoms with Gasteiger partial charge in [-0.1, -0.05) is 36.4 Å². The van der Waals surface area contributed by atoms with Crippen LogP contribution >= 0.6 is 0 Å². The number of aromatic nitrogens is 1. The Bertz CT molecular complexity index is 1280. The van der Waals surface area contributed by atoms with Crippen LogP contribution in [0.3, 0.4) is 0 Å². The molecule has 1 unspecified atom stereocenters. The highest BCUT2D eigenvalue weighted by Gasteiger charge is 2.30. The maximum absolute atomic E-state index is 12.9. The molecular formula is C28H25F3N4O. The molecule has 1 aliphatic rings. The molecule has 1 atom stereocenters. The first kappa shape index (κ1) is 26.3. The Kier molecular flexibility index (Phi) is 9.05. The monoisotopic (exact) mass is 490 g/mol. The number of hydrogen-bond acceptors (Lipinski definition) is 5. The zero-order valence-electron chi connectivity index (χ0n) is 19.6. The maximum atomic E-state index is 12.9. The molecule has 2 N–H and O–H groups in total. The van der Waals surface area contributed by atoms with E-state index in [1.807, 2.05) is 12.1 Å². The Morgan fingerprint density at radius 2 is 2.03 bits per heavy atom. The fraction of sp³-hybridized carbons (Fsp3) is 0.143. The minimum atomic E-state index is -4.41. The molecule has 0 saturated heterocycles. The number of alkyl halides is 3. The molecule has 1 aliphatic heterocycles. The average molecular weight is 491 g/mol. The van der Waals surface area contributed by atoms with Gasteiger partial charge in [-0.25, -0.2) is 0 Å². The second-order valence-electron chi connectivity index (χ2n) is 7.95. The highest BCUT2D eigenvalue weighted by atomic mass is 19.4. The van der Waals surface area contributed by atoms with E-state index >= 15 is 0 Å². The second kappa shape index (κ2) is 12.4. The van der Waals surface area contributed by atoms with Gasteiger partial charge in [0, 0.05) is 43.0 Å². The molecule has 2 heterocycles. The number of pyridine rings is 1. The summed E-state index contributed by atoms with van der Waals surface area (Å²) in [5, 5.41) is 0. The van der Waals surface area contributed by atoms with E-state index < -0.39 is 11.7 Å². The number of hydrogen-bond donors (Lipinski definition) is 1. The summed E-state index contributed by atoms with van der Waals surface area (Å²) >= 11 is 0. The number of allylic oxidation sites excluding steroid dienone is 6. The minimum absolute atomic E-state index is 0.110. The first-order chi connectivity index (χ1) is 17.3. The van der Waals surface area contributed by atoms with Crippen molar-refractivity contribution in [2.24, 2.45) is 21.6 Å². The van der Waals surface area contributed by atoms with Gasteiger partial charge in [0.2, 0.25) is 0 Å². The van der Waals surface area contributed by atoms with Crippen molar-refractivity contribution in [2.75, 3.05) is 0 Å². The average Bonchev–Trinajstić information content (AvgIpc) is 2.88. The maximum Gasteiger partial charge on any atom is 0.416 e. The number of carbonyl (C=O) groups excluding carboxylic acids is 1. The number of nitrogens with two attached hydrogens (primary N) is 1. The van der Waals surface area contributed by atoms with E-state index in [9.17, 15) is 18.0 Å². The third-order valence-electron chi connectivity index (χ3n) is 5.42. The van der Waals surface area contributed by atoms with Crippen molar-refractivity contribution in [1.82, 2.24) is 4.98 Å². The first-order valence-electron chi connectivity index (χ1n) is 11.1. The van der Waals surface area contributed by atoms with Crippen molar-refractivity contribution in [1.29, 1.82) is 0 Å².